The molecule has 1 aromatic heterocycles. The lowest BCUT2D eigenvalue weighted by atomic mass is 9.86. The molecule has 0 saturated carbocycles. The van der Waals surface area contributed by atoms with Crippen molar-refractivity contribution in [3.8, 4) is 16.9 Å². The first kappa shape index (κ1) is 23.5. The van der Waals surface area contributed by atoms with Gasteiger partial charge in [0.1, 0.15) is 16.3 Å². The van der Waals surface area contributed by atoms with Crippen molar-refractivity contribution in [3.05, 3.63) is 70.6 Å². The van der Waals surface area contributed by atoms with Gasteiger partial charge < -0.3 is 14.8 Å². The van der Waals surface area contributed by atoms with Crippen molar-refractivity contribution >= 4 is 28.2 Å². The van der Waals surface area contributed by atoms with Crippen molar-refractivity contribution < 1.29 is 19.1 Å². The number of hydrogen-bond donors (Lipinski definition) is 1. The molecule has 0 fully saturated rings. The average Bonchev–Trinajstić information content (AvgIpc) is 3.08. The second-order valence-corrected chi connectivity index (χ2v) is 9.63. The first-order valence-corrected chi connectivity index (χ1v) is 11.4. The minimum atomic E-state index is -0.454. The van der Waals surface area contributed by atoms with E-state index >= 15 is 0 Å². The SMILES string of the molecule is CCOC(=O)c1c(NC(=O)COc2ccccc2C(C)(C)C)sc(C)c1-c1ccccc1. The highest BCUT2D eigenvalue weighted by Crippen LogP contribution is 2.40. The highest BCUT2D eigenvalue weighted by atomic mass is 32.1. The number of carbonyl (C=O) groups is 2. The average molecular weight is 452 g/mol. The number of thiophene rings is 1. The summed E-state index contributed by atoms with van der Waals surface area (Å²) in [6, 6.07) is 17.3. The Bertz CT molecular complexity index is 1100. The maximum Gasteiger partial charge on any atom is 0.341 e. The molecule has 3 aromatic rings. The minimum Gasteiger partial charge on any atom is -0.483 e. The van der Waals surface area contributed by atoms with Crippen LogP contribution < -0.4 is 10.1 Å². The van der Waals surface area contributed by atoms with Crippen LogP contribution in [0.1, 0.15) is 48.5 Å². The molecule has 32 heavy (non-hydrogen) atoms. The number of carbonyl (C=O) groups excluding carboxylic acids is 2. The zero-order valence-electron chi connectivity index (χ0n) is 19.2. The maximum atomic E-state index is 12.8. The van der Waals surface area contributed by atoms with Gasteiger partial charge in [0, 0.05) is 10.4 Å². The summed E-state index contributed by atoms with van der Waals surface area (Å²) >= 11 is 1.36. The van der Waals surface area contributed by atoms with E-state index in [1.165, 1.54) is 11.3 Å². The Labute approximate surface area is 193 Å². The van der Waals surface area contributed by atoms with Gasteiger partial charge in [-0.05, 0) is 36.5 Å². The molecule has 0 bridgehead atoms. The van der Waals surface area contributed by atoms with E-state index in [0.717, 1.165) is 21.6 Å². The highest BCUT2D eigenvalue weighted by molar-refractivity contribution is 7.17. The third-order valence-corrected chi connectivity index (χ3v) is 5.95. The van der Waals surface area contributed by atoms with Crippen LogP contribution in [0.3, 0.4) is 0 Å². The number of esters is 1. The van der Waals surface area contributed by atoms with Crippen molar-refractivity contribution in [2.75, 3.05) is 18.5 Å². The number of anilines is 1. The van der Waals surface area contributed by atoms with Gasteiger partial charge in [-0.15, -0.1) is 11.3 Å². The number of ether oxygens (including phenoxy) is 2. The number of para-hydroxylation sites is 1. The van der Waals surface area contributed by atoms with Crippen LogP contribution in [-0.4, -0.2) is 25.1 Å². The summed E-state index contributed by atoms with van der Waals surface area (Å²) in [6.07, 6.45) is 0. The second-order valence-electron chi connectivity index (χ2n) is 8.41. The van der Waals surface area contributed by atoms with Crippen LogP contribution in [-0.2, 0) is 14.9 Å². The highest BCUT2D eigenvalue weighted by Gasteiger charge is 2.26. The van der Waals surface area contributed by atoms with Crippen molar-refractivity contribution in [3.63, 3.8) is 0 Å². The largest absolute Gasteiger partial charge is 0.483 e. The monoisotopic (exact) mass is 451 g/mol. The standard InChI is InChI=1S/C26H29NO4S/c1-6-30-25(29)23-22(18-12-8-7-9-13-18)17(2)32-24(23)27-21(28)16-31-20-15-11-10-14-19(20)26(3,4)5/h7-15H,6,16H2,1-5H3,(H,27,28). The molecule has 0 atom stereocenters. The molecule has 5 nitrogen and oxygen atoms in total. The van der Waals surface area contributed by atoms with E-state index in [1.807, 2.05) is 61.5 Å². The topological polar surface area (TPSA) is 64.6 Å². The predicted octanol–water partition coefficient (Wildman–Crippen LogP) is 6.22. The molecule has 6 heteroatoms. The fraction of sp³-hybridized carbons (Fsp3) is 0.308. The molecule has 0 aliphatic carbocycles. The summed E-state index contributed by atoms with van der Waals surface area (Å²) in [6.45, 7) is 10.1. The molecule has 0 spiro atoms. The Morgan fingerprint density at radius 3 is 2.31 bits per heavy atom. The van der Waals surface area contributed by atoms with Crippen LogP contribution in [0.15, 0.2) is 54.6 Å². The fourth-order valence-corrected chi connectivity index (χ4v) is 4.58. The molecule has 0 radical (unpaired) electrons. The molecule has 0 unspecified atom stereocenters. The zero-order valence-corrected chi connectivity index (χ0v) is 20.0. The number of aryl methyl sites for hydroxylation is 1. The number of benzene rings is 2. The van der Waals surface area contributed by atoms with E-state index in [-0.39, 0.29) is 24.5 Å². The Balaban J connectivity index is 1.85. The molecule has 168 valence electrons. The van der Waals surface area contributed by atoms with Gasteiger partial charge in [-0.25, -0.2) is 4.79 Å². The Morgan fingerprint density at radius 2 is 1.66 bits per heavy atom. The summed E-state index contributed by atoms with van der Waals surface area (Å²) in [4.78, 5) is 26.5. The lowest BCUT2D eigenvalue weighted by Gasteiger charge is -2.22. The van der Waals surface area contributed by atoms with Crippen molar-refractivity contribution in [1.29, 1.82) is 0 Å². The lowest BCUT2D eigenvalue weighted by molar-refractivity contribution is -0.118. The van der Waals surface area contributed by atoms with Crippen molar-refractivity contribution in [2.45, 2.75) is 40.0 Å². The normalized spacial score (nSPS) is 11.2. The van der Waals surface area contributed by atoms with Crippen molar-refractivity contribution in [2.24, 2.45) is 0 Å². The third kappa shape index (κ3) is 5.37. The lowest BCUT2D eigenvalue weighted by Crippen LogP contribution is -2.22. The molecule has 0 saturated heterocycles. The van der Waals surface area contributed by atoms with Crippen LogP contribution >= 0.6 is 11.3 Å². The van der Waals surface area contributed by atoms with Crippen molar-refractivity contribution in [1.82, 2.24) is 0 Å². The Hall–Kier alpha value is -3.12. The van der Waals surface area contributed by atoms with Gasteiger partial charge in [-0.2, -0.15) is 0 Å². The van der Waals surface area contributed by atoms with Gasteiger partial charge in [0.05, 0.1) is 6.61 Å². The number of hydrogen-bond acceptors (Lipinski definition) is 5. The summed E-state index contributed by atoms with van der Waals surface area (Å²) in [5, 5.41) is 3.33. The summed E-state index contributed by atoms with van der Waals surface area (Å²) in [5.41, 5.74) is 2.98. The quantitative estimate of drug-likeness (QED) is 0.434. The van der Waals surface area contributed by atoms with Crippen LogP contribution in [0.4, 0.5) is 5.00 Å². The molecular weight excluding hydrogens is 422 g/mol. The first-order chi connectivity index (χ1) is 15.2. The molecular formula is C26H29NO4S. The first-order valence-electron chi connectivity index (χ1n) is 10.6. The van der Waals surface area contributed by atoms with E-state index in [2.05, 4.69) is 26.1 Å². The van der Waals surface area contributed by atoms with Gasteiger partial charge >= 0.3 is 5.97 Å². The molecule has 0 aliphatic rings. The fourth-order valence-electron chi connectivity index (χ4n) is 3.50. The maximum absolute atomic E-state index is 12.8. The smallest absolute Gasteiger partial charge is 0.341 e. The van der Waals surface area contributed by atoms with Gasteiger partial charge in [0.25, 0.3) is 5.91 Å². The van der Waals surface area contributed by atoms with Crippen LogP contribution in [0, 0.1) is 6.92 Å². The van der Waals surface area contributed by atoms with Gasteiger partial charge in [0.15, 0.2) is 6.61 Å². The Kier molecular flexibility index (Phi) is 7.36. The van der Waals surface area contributed by atoms with Crippen LogP contribution in [0.25, 0.3) is 11.1 Å². The zero-order chi connectivity index (χ0) is 23.3. The minimum absolute atomic E-state index is 0.112. The molecule has 2 aromatic carbocycles. The summed E-state index contributed by atoms with van der Waals surface area (Å²) in [7, 11) is 0. The van der Waals surface area contributed by atoms with E-state index < -0.39 is 5.97 Å². The third-order valence-electron chi connectivity index (χ3n) is 4.93. The second kappa shape index (κ2) is 10.0. The van der Waals surface area contributed by atoms with E-state index in [4.69, 9.17) is 9.47 Å². The Morgan fingerprint density at radius 1 is 1.00 bits per heavy atom. The predicted molar refractivity (Wildman–Crippen MR) is 130 cm³/mol. The number of amides is 1. The molecule has 3 rings (SSSR count). The van der Waals surface area contributed by atoms with Crippen LogP contribution in [0.5, 0.6) is 5.75 Å². The number of nitrogens with one attached hydrogen (secondary N) is 1. The van der Waals surface area contributed by atoms with Gasteiger partial charge in [-0.3, -0.25) is 4.79 Å². The van der Waals surface area contributed by atoms with Crippen LogP contribution in [0.2, 0.25) is 0 Å². The van der Waals surface area contributed by atoms with E-state index in [9.17, 15) is 9.59 Å². The van der Waals surface area contributed by atoms with Gasteiger partial charge in [-0.1, -0.05) is 69.3 Å². The van der Waals surface area contributed by atoms with E-state index in [0.29, 0.717) is 16.3 Å². The summed E-state index contributed by atoms with van der Waals surface area (Å²) in [5.74, 6) is -0.113. The van der Waals surface area contributed by atoms with E-state index in [1.54, 1.807) is 6.92 Å². The summed E-state index contributed by atoms with van der Waals surface area (Å²) < 4.78 is 11.1. The molecule has 0 aliphatic heterocycles. The molecule has 1 amide bonds. The molecule has 1 N–H and O–H groups in total. The number of rotatable bonds is 7. The van der Waals surface area contributed by atoms with Gasteiger partial charge in [0.2, 0.25) is 0 Å². The molecule has 1 heterocycles.